The second kappa shape index (κ2) is 5.55. The lowest BCUT2D eigenvalue weighted by Gasteiger charge is -2.16. The average Bonchev–Trinajstić information content (AvgIpc) is 2.21. The Bertz CT molecular complexity index is 273. The van der Waals surface area contributed by atoms with Crippen molar-refractivity contribution in [3.05, 3.63) is 35.4 Å². The molecule has 2 heteroatoms. The molecule has 0 saturated carbocycles. The van der Waals surface area contributed by atoms with E-state index in [0.717, 1.165) is 19.0 Å². The van der Waals surface area contributed by atoms with E-state index in [-0.39, 0.29) is 5.41 Å². The largest absolute Gasteiger partial charge is 0.400 e. The summed E-state index contributed by atoms with van der Waals surface area (Å²) < 4.78 is 0. The molecule has 1 aromatic carbocycles. The van der Waals surface area contributed by atoms with Gasteiger partial charge >= 0.3 is 0 Å². The predicted molar refractivity (Wildman–Crippen MR) is 58.4 cm³/mol. The fraction of sp³-hybridized carbons (Fsp3) is 0.417. The first-order valence-electron chi connectivity index (χ1n) is 4.54. The first-order valence-corrected chi connectivity index (χ1v) is 4.54. The van der Waals surface area contributed by atoms with Gasteiger partial charge in [0.15, 0.2) is 0 Å². The summed E-state index contributed by atoms with van der Waals surface area (Å²) in [6.07, 6.45) is 0.984. The molecule has 0 fully saturated rings. The van der Waals surface area contributed by atoms with Gasteiger partial charge in [0.25, 0.3) is 0 Å². The average molecular weight is 194 g/mol. The molecule has 1 aromatic rings. The molecule has 0 heterocycles. The molecule has 0 amide bonds. The van der Waals surface area contributed by atoms with Gasteiger partial charge in [0, 0.05) is 12.5 Å². The summed E-state index contributed by atoms with van der Waals surface area (Å²) in [4.78, 5) is 10.7. The van der Waals surface area contributed by atoms with Gasteiger partial charge in [-0.05, 0) is 26.3 Å². The third-order valence-corrected chi connectivity index (χ3v) is 2.09. The molecule has 2 nitrogen and oxygen atoms in total. The maximum Gasteiger partial charge on any atom is 0.129 e. The second-order valence-corrected chi connectivity index (χ2v) is 3.71. The SMILES string of the molecule is CO.Cc1ccc(C(C)(C)C=O)cc1. The maximum absolute atomic E-state index is 10.7. The van der Waals surface area contributed by atoms with Crippen LogP contribution in [0.5, 0.6) is 0 Å². The Balaban J connectivity index is 0.000000791. The fourth-order valence-electron chi connectivity index (χ4n) is 1.05. The Labute approximate surface area is 85.6 Å². The number of carbonyl (C=O) groups is 1. The molecule has 0 unspecified atom stereocenters. The monoisotopic (exact) mass is 194 g/mol. The van der Waals surface area contributed by atoms with Crippen molar-refractivity contribution in [3.8, 4) is 0 Å². The second-order valence-electron chi connectivity index (χ2n) is 3.71. The number of hydrogen-bond donors (Lipinski definition) is 1. The summed E-state index contributed by atoms with van der Waals surface area (Å²) in [5.74, 6) is 0. The van der Waals surface area contributed by atoms with Gasteiger partial charge in [-0.3, -0.25) is 0 Å². The van der Waals surface area contributed by atoms with Crippen molar-refractivity contribution in [2.75, 3.05) is 7.11 Å². The fourth-order valence-corrected chi connectivity index (χ4v) is 1.05. The van der Waals surface area contributed by atoms with Crippen LogP contribution in [0.4, 0.5) is 0 Å². The van der Waals surface area contributed by atoms with Gasteiger partial charge in [-0.25, -0.2) is 0 Å². The minimum Gasteiger partial charge on any atom is -0.400 e. The highest BCUT2D eigenvalue weighted by atomic mass is 16.2. The van der Waals surface area contributed by atoms with Gasteiger partial charge < -0.3 is 9.90 Å². The van der Waals surface area contributed by atoms with E-state index in [4.69, 9.17) is 5.11 Å². The van der Waals surface area contributed by atoms with Gasteiger partial charge in [0.2, 0.25) is 0 Å². The third kappa shape index (κ3) is 3.30. The van der Waals surface area contributed by atoms with Crippen molar-refractivity contribution in [2.24, 2.45) is 0 Å². The first-order chi connectivity index (χ1) is 6.56. The van der Waals surface area contributed by atoms with Crippen LogP contribution in [0.2, 0.25) is 0 Å². The number of rotatable bonds is 2. The maximum atomic E-state index is 10.7. The van der Waals surface area contributed by atoms with Crippen LogP contribution >= 0.6 is 0 Å². The van der Waals surface area contributed by atoms with E-state index in [9.17, 15) is 4.79 Å². The molecule has 78 valence electrons. The standard InChI is InChI=1S/C11H14O.CH4O/c1-9-4-6-10(7-5-9)11(2,3)8-12;1-2/h4-8H,1-3H3;2H,1H3. The predicted octanol–water partition coefficient (Wildman–Crippen LogP) is 2.08. The quantitative estimate of drug-likeness (QED) is 0.732. The summed E-state index contributed by atoms with van der Waals surface area (Å²) >= 11 is 0. The van der Waals surface area contributed by atoms with Gasteiger partial charge in [0.05, 0.1) is 0 Å². The van der Waals surface area contributed by atoms with Crippen molar-refractivity contribution in [1.29, 1.82) is 0 Å². The normalized spacial score (nSPS) is 10.1. The molecule has 0 spiro atoms. The van der Waals surface area contributed by atoms with Crippen molar-refractivity contribution >= 4 is 6.29 Å². The van der Waals surface area contributed by atoms with Crippen LogP contribution in [0.25, 0.3) is 0 Å². The van der Waals surface area contributed by atoms with Gasteiger partial charge in [-0.2, -0.15) is 0 Å². The zero-order valence-corrected chi connectivity index (χ0v) is 9.24. The lowest BCUT2D eigenvalue weighted by Crippen LogP contribution is -2.18. The van der Waals surface area contributed by atoms with Crippen molar-refractivity contribution in [3.63, 3.8) is 0 Å². The molecule has 1 rings (SSSR count). The van der Waals surface area contributed by atoms with E-state index in [1.807, 2.05) is 45.0 Å². The molecule has 0 aliphatic carbocycles. The summed E-state index contributed by atoms with van der Waals surface area (Å²) in [6, 6.07) is 8.06. The molecule has 0 saturated heterocycles. The highest BCUT2D eigenvalue weighted by Crippen LogP contribution is 2.20. The Morgan fingerprint density at radius 1 is 1.14 bits per heavy atom. The first kappa shape index (κ1) is 12.8. The molecule has 14 heavy (non-hydrogen) atoms. The van der Waals surface area contributed by atoms with Gasteiger partial charge in [-0.15, -0.1) is 0 Å². The zero-order valence-electron chi connectivity index (χ0n) is 9.24. The molecule has 0 bridgehead atoms. The van der Waals surface area contributed by atoms with Crippen LogP contribution in [0, 0.1) is 6.92 Å². The van der Waals surface area contributed by atoms with E-state index in [2.05, 4.69) is 0 Å². The lowest BCUT2D eigenvalue weighted by molar-refractivity contribution is -0.111. The van der Waals surface area contributed by atoms with Crippen molar-refractivity contribution in [1.82, 2.24) is 0 Å². The zero-order chi connectivity index (χ0) is 11.2. The molecule has 0 aromatic heterocycles. The van der Waals surface area contributed by atoms with Crippen molar-refractivity contribution in [2.45, 2.75) is 26.2 Å². The third-order valence-electron chi connectivity index (χ3n) is 2.09. The van der Waals surface area contributed by atoms with Crippen LogP contribution in [-0.2, 0) is 10.2 Å². The Hall–Kier alpha value is -1.15. The Morgan fingerprint density at radius 3 is 1.93 bits per heavy atom. The molecular weight excluding hydrogens is 176 g/mol. The Morgan fingerprint density at radius 2 is 1.57 bits per heavy atom. The van der Waals surface area contributed by atoms with E-state index in [0.29, 0.717) is 0 Å². The van der Waals surface area contributed by atoms with Crippen LogP contribution in [0.15, 0.2) is 24.3 Å². The smallest absolute Gasteiger partial charge is 0.129 e. The van der Waals surface area contributed by atoms with Crippen LogP contribution < -0.4 is 0 Å². The number of aryl methyl sites for hydroxylation is 1. The number of benzene rings is 1. The Kier molecular flexibility index (Phi) is 5.10. The van der Waals surface area contributed by atoms with Gasteiger partial charge in [-0.1, -0.05) is 29.8 Å². The van der Waals surface area contributed by atoms with E-state index in [1.54, 1.807) is 0 Å². The summed E-state index contributed by atoms with van der Waals surface area (Å²) in [5.41, 5.74) is 1.94. The molecular formula is C12H18O2. The summed E-state index contributed by atoms with van der Waals surface area (Å²) in [7, 11) is 1.00. The molecule has 0 radical (unpaired) electrons. The van der Waals surface area contributed by atoms with Crippen molar-refractivity contribution < 1.29 is 9.90 Å². The van der Waals surface area contributed by atoms with E-state index in [1.165, 1.54) is 5.56 Å². The molecule has 1 N–H and O–H groups in total. The van der Waals surface area contributed by atoms with E-state index >= 15 is 0 Å². The number of hydrogen-bond acceptors (Lipinski definition) is 2. The van der Waals surface area contributed by atoms with Crippen LogP contribution in [0.1, 0.15) is 25.0 Å². The van der Waals surface area contributed by atoms with Gasteiger partial charge in [0.1, 0.15) is 6.29 Å². The van der Waals surface area contributed by atoms with Crippen LogP contribution in [0.3, 0.4) is 0 Å². The number of carbonyl (C=O) groups excluding carboxylic acids is 1. The van der Waals surface area contributed by atoms with Crippen LogP contribution in [-0.4, -0.2) is 18.5 Å². The topological polar surface area (TPSA) is 37.3 Å². The highest BCUT2D eigenvalue weighted by molar-refractivity contribution is 5.67. The number of aldehydes is 1. The number of aliphatic hydroxyl groups excluding tert-OH is 1. The molecule has 0 aliphatic heterocycles. The number of aliphatic hydroxyl groups is 1. The minimum absolute atomic E-state index is 0.353. The molecule has 0 aliphatic rings. The highest BCUT2D eigenvalue weighted by Gasteiger charge is 2.18. The molecule has 0 atom stereocenters. The summed E-state index contributed by atoms with van der Waals surface area (Å²) in [5, 5.41) is 7.00. The van der Waals surface area contributed by atoms with E-state index < -0.39 is 0 Å². The summed E-state index contributed by atoms with van der Waals surface area (Å²) in [6.45, 7) is 5.88. The lowest BCUT2D eigenvalue weighted by atomic mass is 9.86. The minimum atomic E-state index is -0.353.